The molecule has 5 heterocycles. The highest BCUT2D eigenvalue weighted by Crippen LogP contribution is 2.49. The third-order valence-electron chi connectivity index (χ3n) is 10.8. The predicted octanol–water partition coefficient (Wildman–Crippen LogP) is 3.47. The number of rotatable bonds is 6. The predicted molar refractivity (Wildman–Crippen MR) is 204 cm³/mol. The number of halogens is 1. The van der Waals surface area contributed by atoms with Crippen molar-refractivity contribution in [2.45, 2.75) is 110 Å². The van der Waals surface area contributed by atoms with E-state index in [4.69, 9.17) is 14.4 Å². The van der Waals surface area contributed by atoms with Gasteiger partial charge in [0.25, 0.3) is 21.9 Å². The quantitative estimate of drug-likeness (QED) is 0.270. The van der Waals surface area contributed by atoms with Crippen LogP contribution < -0.4 is 5.32 Å². The van der Waals surface area contributed by atoms with Crippen LogP contribution in [0.5, 0.6) is 0 Å². The number of aromatic nitrogens is 1. The van der Waals surface area contributed by atoms with E-state index in [1.54, 1.807) is 25.7 Å². The van der Waals surface area contributed by atoms with E-state index in [9.17, 15) is 27.9 Å². The molecule has 16 heteroatoms. The molecule has 1 unspecified atom stereocenters. The fourth-order valence-corrected chi connectivity index (χ4v) is 8.72. The Balaban J connectivity index is 0.000000481. The van der Waals surface area contributed by atoms with Crippen LogP contribution in [0.2, 0.25) is 0 Å². The Hall–Kier alpha value is -2.86. The Morgan fingerprint density at radius 2 is 1.83 bits per heavy atom. The summed E-state index contributed by atoms with van der Waals surface area (Å²) in [6, 6.07) is 4.76. The van der Waals surface area contributed by atoms with E-state index in [-0.39, 0.29) is 29.9 Å². The van der Waals surface area contributed by atoms with Crippen molar-refractivity contribution in [2.24, 2.45) is 17.8 Å². The molecule has 5 N–H and O–H groups in total. The normalized spacial score (nSPS) is 29.9. The lowest BCUT2D eigenvalue weighted by molar-refractivity contribution is -0.322. The molecule has 294 valence electrons. The summed E-state index contributed by atoms with van der Waals surface area (Å²) in [4.78, 5) is 50.8. The number of benzene rings is 1. The molecule has 3 saturated heterocycles. The second-order valence-corrected chi connectivity index (χ2v) is 17.9. The van der Waals surface area contributed by atoms with E-state index >= 15 is 0 Å². The first kappa shape index (κ1) is 41.3. The Bertz CT molecular complexity index is 1870. The maximum Gasteiger partial charge on any atom is 0.281 e. The van der Waals surface area contributed by atoms with E-state index in [0.717, 1.165) is 40.5 Å². The van der Waals surface area contributed by atoms with E-state index in [2.05, 4.69) is 43.3 Å². The number of piperazine rings is 1. The average molecular weight is 825 g/mol. The summed E-state index contributed by atoms with van der Waals surface area (Å²) in [7, 11) is -1.64. The summed E-state index contributed by atoms with van der Waals surface area (Å²) >= 11 is 3.70. The van der Waals surface area contributed by atoms with Gasteiger partial charge in [0.2, 0.25) is 17.5 Å². The lowest BCUT2D eigenvalue weighted by atomic mass is 9.79. The maximum atomic E-state index is 14.4. The van der Waals surface area contributed by atoms with Gasteiger partial charge in [-0.25, -0.2) is 0 Å². The molecular weight excluding hydrogens is 770 g/mol. The van der Waals surface area contributed by atoms with E-state index in [1.165, 1.54) is 15.8 Å². The van der Waals surface area contributed by atoms with Gasteiger partial charge in [-0.3, -0.25) is 33.5 Å². The van der Waals surface area contributed by atoms with E-state index < -0.39 is 51.6 Å². The Morgan fingerprint density at radius 1 is 1.19 bits per heavy atom. The first-order valence-corrected chi connectivity index (χ1v) is 21.0. The number of amides is 3. The highest BCUT2D eigenvalue weighted by atomic mass is 79.9. The van der Waals surface area contributed by atoms with Crippen molar-refractivity contribution in [2.75, 3.05) is 26.4 Å². The zero-order valence-electron chi connectivity index (χ0n) is 31.7. The van der Waals surface area contributed by atoms with Gasteiger partial charge in [-0.2, -0.15) is 8.42 Å². The second kappa shape index (κ2) is 15.3. The summed E-state index contributed by atoms with van der Waals surface area (Å²) in [6.07, 6.45) is 5.95. The van der Waals surface area contributed by atoms with Crippen LogP contribution in [-0.2, 0) is 35.7 Å². The van der Waals surface area contributed by atoms with Gasteiger partial charge in [0, 0.05) is 36.0 Å². The SMILES string of the molecule is CC(C)C[C@H]1C(=O)N2CCC[C@H]2[C@]2(O)O[C@](NC(=O)[C@@H]3C=C4c5cccc6[nH]c(Br)c(c56)C[C@H]4N(C)C3)(C(C)C)C(=O)N12.CCC(C)O.CS(=O)(=O)O. The minimum Gasteiger partial charge on any atom is -0.393 e. The van der Waals surface area contributed by atoms with Crippen LogP contribution in [0.3, 0.4) is 0 Å². The monoisotopic (exact) mass is 823 g/mol. The number of ether oxygens (including phenoxy) is 1. The van der Waals surface area contributed by atoms with Crippen LogP contribution in [0.25, 0.3) is 16.5 Å². The van der Waals surface area contributed by atoms with Crippen molar-refractivity contribution < 1.29 is 42.3 Å². The molecule has 7 rings (SSSR count). The zero-order chi connectivity index (χ0) is 39.4. The number of aliphatic hydroxyl groups excluding tert-OH is 1. The molecule has 1 aromatic carbocycles. The molecule has 0 radical (unpaired) electrons. The molecule has 0 spiro atoms. The van der Waals surface area contributed by atoms with Crippen LogP contribution >= 0.6 is 15.9 Å². The van der Waals surface area contributed by atoms with Crippen LogP contribution in [0.1, 0.15) is 78.4 Å². The molecule has 53 heavy (non-hydrogen) atoms. The minimum absolute atomic E-state index is 0.104. The molecule has 14 nitrogen and oxygen atoms in total. The van der Waals surface area contributed by atoms with Crippen LogP contribution in [0.4, 0.5) is 0 Å². The van der Waals surface area contributed by atoms with Crippen LogP contribution in [0, 0.1) is 17.8 Å². The molecule has 1 aromatic heterocycles. The summed E-state index contributed by atoms with van der Waals surface area (Å²) in [5.74, 6) is -4.01. The van der Waals surface area contributed by atoms with Gasteiger partial charge in [0.05, 0.1) is 22.9 Å². The molecule has 1 aliphatic carbocycles. The standard InChI is InChI=1S/C32H40BrN5O5.C4H10O.CH4O3S/c1-16(2)12-24-29(40)37-11-7-10-25(37)32(42)38(24)30(41)31(43-32,17(3)4)35-28(39)18-13-20-19-8-6-9-22-26(19)21(27(33)34-22)14-23(20)36(5)15-18;1-3-4(2)5;1-5(2,3)4/h6,8-9,13,16-18,23-25,34,42H,7,10-12,14-15H2,1-5H3,(H,35,39);4-5H,3H2,1-2H3;1H3,(H,2,3,4)/t18-,23-,24+,25+,31-,32+;;/m1../s1. The first-order chi connectivity index (χ1) is 24.6. The maximum absolute atomic E-state index is 14.4. The minimum atomic E-state index is -3.67. The number of carbonyl (C=O) groups is 3. The molecule has 4 aliphatic heterocycles. The Labute approximate surface area is 320 Å². The largest absolute Gasteiger partial charge is 0.393 e. The number of likely N-dealkylation sites (N-methyl/N-ethyl adjacent to an activating group) is 1. The number of nitrogens with zero attached hydrogens (tertiary/aromatic N) is 3. The fourth-order valence-electron chi connectivity index (χ4n) is 8.15. The Morgan fingerprint density at radius 3 is 2.42 bits per heavy atom. The van der Waals surface area contributed by atoms with Crippen LogP contribution in [0.15, 0.2) is 28.9 Å². The lowest BCUT2D eigenvalue weighted by Crippen LogP contribution is -2.71. The molecule has 3 amide bonds. The van der Waals surface area contributed by atoms with Gasteiger partial charge in [0.1, 0.15) is 12.1 Å². The van der Waals surface area contributed by atoms with Crippen molar-refractivity contribution in [1.82, 2.24) is 25.0 Å². The third-order valence-corrected chi connectivity index (χ3v) is 11.5. The second-order valence-electron chi connectivity index (χ2n) is 15.7. The molecule has 3 fully saturated rings. The van der Waals surface area contributed by atoms with Crippen LogP contribution in [-0.4, -0.2) is 123 Å². The zero-order valence-corrected chi connectivity index (χ0v) is 34.1. The number of aliphatic hydroxyl groups is 2. The number of hydrogen-bond donors (Lipinski definition) is 5. The average Bonchev–Trinajstić information content (AvgIpc) is 3.74. The molecule has 7 atom stereocenters. The third kappa shape index (κ3) is 7.82. The van der Waals surface area contributed by atoms with Gasteiger partial charge in [-0.15, -0.1) is 0 Å². The highest BCUT2D eigenvalue weighted by Gasteiger charge is 2.72. The number of H-pyrrole nitrogens is 1. The van der Waals surface area contributed by atoms with Gasteiger partial charge in [-0.1, -0.05) is 52.8 Å². The molecule has 5 aliphatic rings. The van der Waals surface area contributed by atoms with Crippen molar-refractivity contribution in [3.8, 4) is 0 Å². The molecule has 2 aromatic rings. The number of carbonyl (C=O) groups excluding carboxylic acids is 3. The van der Waals surface area contributed by atoms with Gasteiger partial charge >= 0.3 is 0 Å². The number of fused-ring (bicyclic) bond motifs is 5. The van der Waals surface area contributed by atoms with Gasteiger partial charge in [-0.05, 0) is 90.7 Å². The lowest BCUT2D eigenvalue weighted by Gasteiger charge is -2.49. The smallest absolute Gasteiger partial charge is 0.281 e. The topological polar surface area (TPSA) is 193 Å². The van der Waals surface area contributed by atoms with Gasteiger partial charge in [0.15, 0.2) is 0 Å². The van der Waals surface area contributed by atoms with Crippen molar-refractivity contribution in [3.05, 3.63) is 40.0 Å². The number of nitrogens with one attached hydrogen (secondary N) is 2. The van der Waals surface area contributed by atoms with Crippen molar-refractivity contribution in [1.29, 1.82) is 0 Å². The number of hydrogen-bond acceptors (Lipinski definition) is 9. The van der Waals surface area contributed by atoms with Gasteiger partial charge < -0.3 is 25.4 Å². The van der Waals surface area contributed by atoms with E-state index in [1.807, 2.05) is 40.0 Å². The molecular formula is C37H54BrN5O9S. The summed E-state index contributed by atoms with van der Waals surface area (Å²) in [5.41, 5.74) is 2.68. The summed E-state index contributed by atoms with van der Waals surface area (Å²) in [6.45, 7) is 12.3. The fraction of sp³-hybridized carbons (Fsp3) is 0.649. The number of aromatic amines is 1. The Kier molecular flexibility index (Phi) is 12.0. The summed E-state index contributed by atoms with van der Waals surface area (Å²) < 4.78 is 33.3. The molecule has 0 saturated carbocycles. The van der Waals surface area contributed by atoms with Crippen molar-refractivity contribution >= 4 is 60.2 Å². The highest BCUT2D eigenvalue weighted by molar-refractivity contribution is 9.10. The molecule has 0 bridgehead atoms. The first-order valence-electron chi connectivity index (χ1n) is 18.3. The summed E-state index contributed by atoms with van der Waals surface area (Å²) in [5, 5.41) is 24.7. The van der Waals surface area contributed by atoms with E-state index in [0.29, 0.717) is 32.2 Å². The van der Waals surface area contributed by atoms with Crippen molar-refractivity contribution in [3.63, 3.8) is 0 Å².